The van der Waals surface area contributed by atoms with Gasteiger partial charge in [0.15, 0.2) is 5.82 Å². The molecule has 2 heterocycles. The number of thiazole rings is 1. The summed E-state index contributed by atoms with van der Waals surface area (Å²) in [5.41, 5.74) is 1.28. The average Bonchev–Trinajstić information content (AvgIpc) is 2.68. The van der Waals surface area contributed by atoms with Crippen LogP contribution in [0.5, 0.6) is 0 Å². The molecule has 0 saturated heterocycles. The lowest BCUT2D eigenvalue weighted by Gasteiger charge is -1.97. The smallest absolute Gasteiger partial charge is 0.151 e. The molecule has 5 heteroatoms. The van der Waals surface area contributed by atoms with Crippen LogP contribution >= 0.6 is 11.3 Å². The Morgan fingerprint density at radius 2 is 2.29 bits per heavy atom. The molecule has 0 saturated carbocycles. The van der Waals surface area contributed by atoms with Crippen molar-refractivity contribution in [3.63, 3.8) is 0 Å². The average molecular weight is 251 g/mol. The predicted molar refractivity (Wildman–Crippen MR) is 67.4 cm³/mol. The summed E-state index contributed by atoms with van der Waals surface area (Å²) >= 11 is 1.49. The molecule has 0 spiro atoms. The van der Waals surface area contributed by atoms with Gasteiger partial charge in [-0.15, -0.1) is 11.3 Å². The lowest BCUT2D eigenvalue weighted by atomic mass is 10.3. The minimum absolute atomic E-state index is 0.323. The molecule has 0 bridgehead atoms. The van der Waals surface area contributed by atoms with Crippen LogP contribution in [0.15, 0.2) is 18.3 Å². The Bertz CT molecular complexity index is 510. The fourth-order valence-corrected chi connectivity index (χ4v) is 2.51. The fraction of sp³-hybridized carbons (Fsp3) is 0.333. The van der Waals surface area contributed by atoms with Crippen LogP contribution in [0.2, 0.25) is 0 Å². The van der Waals surface area contributed by atoms with E-state index < -0.39 is 0 Å². The summed E-state index contributed by atoms with van der Waals surface area (Å²) in [6, 6.07) is 2.99. The molecule has 0 aromatic carbocycles. The van der Waals surface area contributed by atoms with Crippen molar-refractivity contribution in [3.05, 3.63) is 34.7 Å². The number of halogens is 1. The Morgan fingerprint density at radius 1 is 1.47 bits per heavy atom. The van der Waals surface area contributed by atoms with Gasteiger partial charge in [-0.2, -0.15) is 0 Å². The van der Waals surface area contributed by atoms with E-state index in [4.69, 9.17) is 0 Å². The summed E-state index contributed by atoms with van der Waals surface area (Å²) in [7, 11) is 0. The van der Waals surface area contributed by atoms with Crippen LogP contribution in [0.25, 0.3) is 10.7 Å². The second kappa shape index (κ2) is 5.33. The Hall–Kier alpha value is -1.33. The zero-order chi connectivity index (χ0) is 12.3. The van der Waals surface area contributed by atoms with Gasteiger partial charge >= 0.3 is 0 Å². The number of aromatic nitrogens is 2. The Labute approximate surface area is 104 Å². The van der Waals surface area contributed by atoms with Crippen LogP contribution in [0.1, 0.15) is 17.5 Å². The third-order valence-corrected chi connectivity index (χ3v) is 3.55. The topological polar surface area (TPSA) is 37.8 Å². The molecule has 0 aliphatic heterocycles. The van der Waals surface area contributed by atoms with Gasteiger partial charge in [-0.05, 0) is 25.6 Å². The van der Waals surface area contributed by atoms with Gasteiger partial charge in [0.1, 0.15) is 10.7 Å². The molecule has 17 heavy (non-hydrogen) atoms. The van der Waals surface area contributed by atoms with Crippen molar-refractivity contribution in [1.82, 2.24) is 15.3 Å². The van der Waals surface area contributed by atoms with Crippen molar-refractivity contribution in [3.8, 4) is 10.7 Å². The number of rotatable bonds is 4. The van der Waals surface area contributed by atoms with Crippen LogP contribution in [0.3, 0.4) is 0 Å². The number of nitrogens with zero attached hydrogens (tertiary/aromatic N) is 2. The van der Waals surface area contributed by atoms with Gasteiger partial charge in [0.25, 0.3) is 0 Å². The highest BCUT2D eigenvalue weighted by Crippen LogP contribution is 2.27. The first kappa shape index (κ1) is 12.1. The van der Waals surface area contributed by atoms with Gasteiger partial charge in [-0.1, -0.05) is 6.92 Å². The molecule has 0 atom stereocenters. The molecule has 0 amide bonds. The normalized spacial score (nSPS) is 10.8. The maximum absolute atomic E-state index is 13.6. The third-order valence-electron chi connectivity index (χ3n) is 2.39. The van der Waals surface area contributed by atoms with E-state index in [0.717, 1.165) is 23.7 Å². The van der Waals surface area contributed by atoms with Crippen LogP contribution in [-0.4, -0.2) is 16.5 Å². The molecule has 0 unspecified atom stereocenters. The van der Waals surface area contributed by atoms with Crippen LogP contribution in [0, 0.1) is 12.7 Å². The minimum atomic E-state index is -0.323. The summed E-state index contributed by atoms with van der Waals surface area (Å²) in [5.74, 6) is -0.323. The van der Waals surface area contributed by atoms with Crippen molar-refractivity contribution in [1.29, 1.82) is 0 Å². The van der Waals surface area contributed by atoms with Gasteiger partial charge in [-0.3, -0.25) is 4.98 Å². The maximum Gasteiger partial charge on any atom is 0.151 e. The molecule has 0 aliphatic rings. The molecule has 2 aromatic heterocycles. The van der Waals surface area contributed by atoms with Crippen molar-refractivity contribution < 1.29 is 4.39 Å². The van der Waals surface area contributed by atoms with Crippen LogP contribution in [-0.2, 0) is 6.54 Å². The van der Waals surface area contributed by atoms with E-state index in [-0.39, 0.29) is 5.82 Å². The highest BCUT2D eigenvalue weighted by molar-refractivity contribution is 7.15. The molecule has 3 nitrogen and oxygen atoms in total. The van der Waals surface area contributed by atoms with Gasteiger partial charge in [-0.25, -0.2) is 9.37 Å². The third kappa shape index (κ3) is 2.68. The van der Waals surface area contributed by atoms with Crippen molar-refractivity contribution >= 4 is 11.3 Å². The fourth-order valence-electron chi connectivity index (χ4n) is 1.47. The van der Waals surface area contributed by atoms with E-state index in [1.165, 1.54) is 17.4 Å². The monoisotopic (exact) mass is 251 g/mol. The van der Waals surface area contributed by atoms with Gasteiger partial charge in [0.05, 0.1) is 5.69 Å². The molecule has 0 radical (unpaired) electrons. The minimum Gasteiger partial charge on any atom is -0.312 e. The first-order valence-electron chi connectivity index (χ1n) is 5.50. The molecule has 0 fully saturated rings. The molecular weight excluding hydrogens is 237 g/mol. The number of nitrogens with one attached hydrogen (secondary N) is 1. The zero-order valence-electron chi connectivity index (χ0n) is 9.83. The quantitative estimate of drug-likeness (QED) is 0.908. The predicted octanol–water partition coefficient (Wildman–Crippen LogP) is 2.76. The Morgan fingerprint density at radius 3 is 3.00 bits per heavy atom. The van der Waals surface area contributed by atoms with E-state index in [9.17, 15) is 4.39 Å². The molecule has 2 rings (SSSR count). The van der Waals surface area contributed by atoms with Crippen LogP contribution in [0.4, 0.5) is 4.39 Å². The zero-order valence-corrected chi connectivity index (χ0v) is 10.6. The largest absolute Gasteiger partial charge is 0.312 e. The van der Waals surface area contributed by atoms with Crippen LogP contribution < -0.4 is 5.32 Å². The summed E-state index contributed by atoms with van der Waals surface area (Å²) in [4.78, 5) is 9.54. The molecule has 1 N–H and O–H groups in total. The summed E-state index contributed by atoms with van der Waals surface area (Å²) in [5, 5.41) is 3.89. The van der Waals surface area contributed by atoms with Crippen molar-refractivity contribution in [2.75, 3.05) is 6.54 Å². The number of pyridine rings is 1. The van der Waals surface area contributed by atoms with E-state index in [2.05, 4.69) is 22.2 Å². The first-order chi connectivity index (χ1) is 8.22. The lowest BCUT2D eigenvalue weighted by molar-refractivity contribution is 0.625. The summed E-state index contributed by atoms with van der Waals surface area (Å²) in [6.45, 7) is 5.67. The molecule has 90 valence electrons. The molecule has 0 aliphatic carbocycles. The SMILES string of the molecule is CCNCc1sc(-c2ncccc2F)nc1C. The standard InChI is InChI=1S/C12H14FN3S/c1-3-14-7-10-8(2)16-12(17-10)11-9(13)5-4-6-15-11/h4-6,14H,3,7H2,1-2H3. The Kier molecular flexibility index (Phi) is 3.81. The number of hydrogen-bond donors (Lipinski definition) is 1. The summed E-state index contributed by atoms with van der Waals surface area (Å²) < 4.78 is 13.6. The number of aryl methyl sites for hydroxylation is 1. The first-order valence-corrected chi connectivity index (χ1v) is 6.32. The highest BCUT2D eigenvalue weighted by Gasteiger charge is 2.13. The second-order valence-corrected chi connectivity index (χ2v) is 4.73. The Balaban J connectivity index is 2.31. The number of hydrogen-bond acceptors (Lipinski definition) is 4. The maximum atomic E-state index is 13.6. The highest BCUT2D eigenvalue weighted by atomic mass is 32.1. The molecular formula is C12H14FN3S. The van der Waals surface area contributed by atoms with E-state index in [0.29, 0.717) is 10.7 Å². The van der Waals surface area contributed by atoms with E-state index in [1.54, 1.807) is 12.3 Å². The lowest BCUT2D eigenvalue weighted by Crippen LogP contribution is -2.11. The van der Waals surface area contributed by atoms with Gasteiger partial charge < -0.3 is 5.32 Å². The summed E-state index contributed by atoms with van der Waals surface area (Å²) in [6.07, 6.45) is 1.58. The van der Waals surface area contributed by atoms with E-state index >= 15 is 0 Å². The van der Waals surface area contributed by atoms with Crippen molar-refractivity contribution in [2.45, 2.75) is 20.4 Å². The second-order valence-electron chi connectivity index (χ2n) is 3.64. The van der Waals surface area contributed by atoms with Gasteiger partial charge in [0, 0.05) is 17.6 Å². The van der Waals surface area contributed by atoms with Gasteiger partial charge in [0.2, 0.25) is 0 Å². The van der Waals surface area contributed by atoms with Crippen molar-refractivity contribution in [2.24, 2.45) is 0 Å². The molecule has 2 aromatic rings. The van der Waals surface area contributed by atoms with E-state index in [1.807, 2.05) is 6.92 Å².